The third-order valence-electron chi connectivity index (χ3n) is 1.95. The van der Waals surface area contributed by atoms with Gasteiger partial charge in [-0.1, -0.05) is 35.3 Å². The molecule has 0 spiro atoms. The number of benzene rings is 1. The number of rotatable bonds is 2. The molecule has 0 aliphatic rings. The van der Waals surface area contributed by atoms with Crippen LogP contribution in [0.1, 0.15) is 5.56 Å². The number of nitriles is 1. The van der Waals surface area contributed by atoms with Crippen molar-refractivity contribution in [2.75, 3.05) is 0 Å². The van der Waals surface area contributed by atoms with Gasteiger partial charge in [0.05, 0.1) is 11.6 Å². The average molecular weight is 292 g/mol. The van der Waals surface area contributed by atoms with E-state index < -0.39 is 11.7 Å². The van der Waals surface area contributed by atoms with Crippen molar-refractivity contribution in [3.8, 4) is 6.07 Å². The van der Waals surface area contributed by atoms with E-state index in [0.29, 0.717) is 16.7 Å². The molecule has 0 amide bonds. The summed E-state index contributed by atoms with van der Waals surface area (Å²) in [5, 5.41) is 8.91. The lowest BCUT2D eigenvalue weighted by Crippen LogP contribution is -2.09. The van der Waals surface area contributed by atoms with Crippen LogP contribution >= 0.6 is 23.2 Å². The number of alkyl halides is 3. The first-order valence-corrected chi connectivity index (χ1v) is 5.40. The van der Waals surface area contributed by atoms with E-state index >= 15 is 0 Å². The number of hydrogen-bond acceptors (Lipinski definition) is 1. The molecule has 94 valence electrons. The number of hydrogen-bond donors (Lipinski definition) is 0. The fraction of sp³-hybridized carbons (Fsp3) is 0.0833. The van der Waals surface area contributed by atoms with Crippen LogP contribution in [0, 0.1) is 11.3 Å². The minimum atomic E-state index is -4.58. The third kappa shape index (κ3) is 4.10. The molecule has 0 aromatic heterocycles. The summed E-state index contributed by atoms with van der Waals surface area (Å²) in [6.07, 6.45) is -2.18. The molecular weight excluding hydrogens is 286 g/mol. The predicted molar refractivity (Wildman–Crippen MR) is 65.2 cm³/mol. The van der Waals surface area contributed by atoms with Gasteiger partial charge < -0.3 is 0 Å². The van der Waals surface area contributed by atoms with Crippen LogP contribution in [0.2, 0.25) is 10.0 Å². The van der Waals surface area contributed by atoms with E-state index in [-0.39, 0.29) is 5.02 Å². The molecule has 0 N–H and O–H groups in total. The van der Waals surface area contributed by atoms with Gasteiger partial charge in [-0.2, -0.15) is 18.4 Å². The molecule has 0 aliphatic heterocycles. The maximum Gasteiger partial charge on any atom is 0.417 e. The Balaban J connectivity index is 3.05. The Morgan fingerprint density at radius 3 is 2.44 bits per heavy atom. The van der Waals surface area contributed by atoms with Crippen molar-refractivity contribution in [1.29, 1.82) is 5.26 Å². The maximum atomic E-state index is 12.4. The number of nitrogens with zero attached hydrogens (tertiary/aromatic N) is 1. The lowest BCUT2D eigenvalue weighted by molar-refractivity contribution is -0.0880. The molecule has 1 aromatic carbocycles. The number of allylic oxidation sites excluding steroid dienone is 3. The van der Waals surface area contributed by atoms with Crippen LogP contribution < -0.4 is 0 Å². The van der Waals surface area contributed by atoms with Crippen molar-refractivity contribution in [3.63, 3.8) is 0 Å². The second-order valence-corrected chi connectivity index (χ2v) is 4.07. The van der Waals surface area contributed by atoms with E-state index in [1.165, 1.54) is 30.3 Å². The maximum absolute atomic E-state index is 12.4. The van der Waals surface area contributed by atoms with E-state index in [1.807, 2.05) is 0 Å². The fourth-order valence-corrected chi connectivity index (χ4v) is 1.58. The molecule has 18 heavy (non-hydrogen) atoms. The normalized spacial score (nSPS) is 12.8. The topological polar surface area (TPSA) is 23.8 Å². The summed E-state index contributed by atoms with van der Waals surface area (Å²) >= 11 is 11.5. The largest absolute Gasteiger partial charge is 0.417 e. The highest BCUT2D eigenvalue weighted by Gasteiger charge is 2.31. The van der Waals surface area contributed by atoms with Gasteiger partial charge in [0.2, 0.25) is 0 Å². The summed E-state index contributed by atoms with van der Waals surface area (Å²) in [6.45, 7) is 0. The average Bonchev–Trinajstić information content (AvgIpc) is 2.24. The van der Waals surface area contributed by atoms with Crippen LogP contribution in [0.5, 0.6) is 0 Å². The number of halogens is 5. The van der Waals surface area contributed by atoms with Crippen LogP contribution in [0.15, 0.2) is 35.9 Å². The smallest absolute Gasteiger partial charge is 0.193 e. The first kappa shape index (κ1) is 14.6. The fourth-order valence-electron chi connectivity index (χ4n) is 1.11. The molecular formula is C12H6Cl2F3N. The van der Waals surface area contributed by atoms with Gasteiger partial charge in [-0.05, 0) is 23.8 Å². The van der Waals surface area contributed by atoms with Gasteiger partial charge in [0.15, 0.2) is 0 Å². The van der Waals surface area contributed by atoms with Crippen molar-refractivity contribution in [3.05, 3.63) is 51.5 Å². The first-order chi connectivity index (χ1) is 8.34. The molecule has 1 nitrogen and oxygen atoms in total. The van der Waals surface area contributed by atoms with Crippen molar-refractivity contribution < 1.29 is 13.2 Å². The predicted octanol–water partition coefficient (Wildman–Crippen LogP) is 5.02. The van der Waals surface area contributed by atoms with Crippen molar-refractivity contribution in [2.24, 2.45) is 0 Å². The zero-order valence-electron chi connectivity index (χ0n) is 8.80. The molecule has 0 fully saturated rings. The van der Waals surface area contributed by atoms with E-state index in [1.54, 1.807) is 0 Å². The lowest BCUT2D eigenvalue weighted by Gasteiger charge is -2.05. The third-order valence-corrected chi connectivity index (χ3v) is 2.51. The second kappa shape index (κ2) is 5.94. The van der Waals surface area contributed by atoms with Gasteiger partial charge in [0, 0.05) is 16.1 Å². The van der Waals surface area contributed by atoms with Crippen molar-refractivity contribution >= 4 is 29.3 Å². The van der Waals surface area contributed by atoms with Gasteiger partial charge in [-0.15, -0.1) is 0 Å². The van der Waals surface area contributed by atoms with Crippen molar-refractivity contribution in [2.45, 2.75) is 6.18 Å². The summed E-state index contributed by atoms with van der Waals surface area (Å²) in [6, 6.07) is 5.76. The molecule has 0 radical (unpaired) electrons. The molecule has 1 rings (SSSR count). The van der Waals surface area contributed by atoms with Crippen LogP contribution in [0.3, 0.4) is 0 Å². The van der Waals surface area contributed by atoms with Crippen LogP contribution in [-0.4, -0.2) is 6.18 Å². The summed E-state index contributed by atoms with van der Waals surface area (Å²) in [5.41, 5.74) is -0.662. The van der Waals surface area contributed by atoms with E-state index in [2.05, 4.69) is 0 Å². The minimum Gasteiger partial charge on any atom is -0.193 e. The Labute approximate surface area is 112 Å². The van der Waals surface area contributed by atoms with Crippen LogP contribution in [0.4, 0.5) is 13.2 Å². The summed E-state index contributed by atoms with van der Waals surface area (Å²) in [7, 11) is 0. The summed E-state index contributed by atoms with van der Waals surface area (Å²) in [4.78, 5) is 0. The Hall–Kier alpha value is -1.44. The lowest BCUT2D eigenvalue weighted by atomic mass is 10.1. The van der Waals surface area contributed by atoms with E-state index in [4.69, 9.17) is 28.5 Å². The monoisotopic (exact) mass is 291 g/mol. The van der Waals surface area contributed by atoms with E-state index in [9.17, 15) is 13.2 Å². The Morgan fingerprint density at radius 1 is 1.28 bits per heavy atom. The minimum absolute atomic E-state index is 0.234. The Morgan fingerprint density at radius 2 is 1.94 bits per heavy atom. The standard InChI is InChI=1S/C12H6Cl2F3N/c13-10-4-2-8(11(14)7-10)1-3-9(5-6-18)12(15,16)17/h1-5,7H/b3-1+,9-5+. The molecule has 6 heteroatoms. The SMILES string of the molecule is N#C/C=C(\C=C\c1ccc(Cl)cc1Cl)C(F)(F)F. The Bertz CT molecular complexity index is 539. The first-order valence-electron chi connectivity index (χ1n) is 4.64. The van der Waals surface area contributed by atoms with Crippen LogP contribution in [0.25, 0.3) is 6.08 Å². The molecule has 0 atom stereocenters. The molecule has 0 aliphatic carbocycles. The highest BCUT2D eigenvalue weighted by molar-refractivity contribution is 6.35. The van der Waals surface area contributed by atoms with Gasteiger partial charge in [-0.3, -0.25) is 0 Å². The highest BCUT2D eigenvalue weighted by atomic mass is 35.5. The van der Waals surface area contributed by atoms with Crippen molar-refractivity contribution in [1.82, 2.24) is 0 Å². The van der Waals surface area contributed by atoms with Gasteiger partial charge >= 0.3 is 6.18 Å². The van der Waals surface area contributed by atoms with Crippen LogP contribution in [-0.2, 0) is 0 Å². The molecule has 0 saturated heterocycles. The molecule has 0 unspecified atom stereocenters. The second-order valence-electron chi connectivity index (χ2n) is 3.23. The van der Waals surface area contributed by atoms with Gasteiger partial charge in [-0.25, -0.2) is 0 Å². The zero-order valence-corrected chi connectivity index (χ0v) is 10.3. The molecule has 1 aromatic rings. The highest BCUT2D eigenvalue weighted by Crippen LogP contribution is 2.28. The van der Waals surface area contributed by atoms with Gasteiger partial charge in [0.1, 0.15) is 0 Å². The Kier molecular flexibility index (Phi) is 4.83. The molecule has 0 saturated carbocycles. The summed E-state index contributed by atoms with van der Waals surface area (Å²) in [5.74, 6) is 0. The molecule has 0 heterocycles. The zero-order chi connectivity index (χ0) is 13.8. The summed E-state index contributed by atoms with van der Waals surface area (Å²) < 4.78 is 37.3. The quantitative estimate of drug-likeness (QED) is 0.554. The van der Waals surface area contributed by atoms with Gasteiger partial charge in [0.25, 0.3) is 0 Å². The molecule has 0 bridgehead atoms. The van der Waals surface area contributed by atoms with E-state index in [0.717, 1.165) is 6.08 Å².